The van der Waals surface area contributed by atoms with E-state index in [9.17, 15) is 9.90 Å². The van der Waals surface area contributed by atoms with E-state index in [2.05, 4.69) is 35.5 Å². The van der Waals surface area contributed by atoms with Gasteiger partial charge in [0.1, 0.15) is 0 Å². The molecule has 0 rings (SSSR count). The third-order valence-corrected chi connectivity index (χ3v) is 2.29. The maximum absolute atomic E-state index is 10.3. The van der Waals surface area contributed by atoms with E-state index >= 15 is 0 Å². The van der Waals surface area contributed by atoms with Crippen LogP contribution < -0.4 is 0 Å². The van der Waals surface area contributed by atoms with Crippen LogP contribution in [0.25, 0.3) is 0 Å². The lowest BCUT2D eigenvalue weighted by Gasteiger charge is -2.03. The quantitative estimate of drug-likeness (QED) is 0.429. The molecule has 0 saturated carbocycles. The number of hydrogen-bond acceptors (Lipinski definition) is 2. The molecular weight excluding hydrogens is 264 g/mol. The smallest absolute Gasteiger partial charge is 0.303 e. The normalized spacial score (nSPS) is 11.0. The molecule has 0 heterocycles. The zero-order chi connectivity index (χ0) is 15.8. The van der Waals surface area contributed by atoms with Crippen molar-refractivity contribution in [1.82, 2.24) is 0 Å². The van der Waals surface area contributed by atoms with E-state index < -0.39 is 12.1 Å². The van der Waals surface area contributed by atoms with Gasteiger partial charge in [0.15, 0.2) is 0 Å². The van der Waals surface area contributed by atoms with Crippen molar-refractivity contribution in [2.45, 2.75) is 45.1 Å². The second-order valence-corrected chi connectivity index (χ2v) is 4.13. The highest BCUT2D eigenvalue weighted by molar-refractivity contribution is 5.66. The van der Waals surface area contributed by atoms with Crippen molar-refractivity contribution >= 4 is 5.97 Å². The van der Waals surface area contributed by atoms with Gasteiger partial charge in [0, 0.05) is 12.8 Å². The van der Waals surface area contributed by atoms with Gasteiger partial charge in [0.25, 0.3) is 0 Å². The molecule has 0 spiro atoms. The molecule has 0 aromatic rings. The molecule has 2 N–H and O–H groups in total. The van der Waals surface area contributed by atoms with Crippen molar-refractivity contribution < 1.29 is 15.0 Å². The van der Waals surface area contributed by atoms with Crippen molar-refractivity contribution in [2.24, 2.45) is 0 Å². The van der Waals surface area contributed by atoms with Gasteiger partial charge in [0.2, 0.25) is 0 Å². The molecule has 3 heteroatoms. The topological polar surface area (TPSA) is 57.5 Å². The second kappa shape index (κ2) is 14.0. The van der Waals surface area contributed by atoms with Gasteiger partial charge in [-0.1, -0.05) is 37.0 Å². The zero-order valence-corrected chi connectivity index (χ0v) is 12.2. The maximum atomic E-state index is 10.3. The molecule has 0 fully saturated rings. The molecule has 0 saturated heterocycles. The Balaban J connectivity index is 3.87. The summed E-state index contributed by atoms with van der Waals surface area (Å²) in [5.41, 5.74) is 0. The van der Waals surface area contributed by atoms with E-state index in [-0.39, 0.29) is 6.42 Å². The Morgan fingerprint density at radius 3 is 2.62 bits per heavy atom. The first-order chi connectivity index (χ1) is 10.2. The molecular formula is C18H20O3. The van der Waals surface area contributed by atoms with Crippen LogP contribution in [0.5, 0.6) is 0 Å². The summed E-state index contributed by atoms with van der Waals surface area (Å²) >= 11 is 0. The molecule has 110 valence electrons. The molecule has 0 aromatic heterocycles. The van der Waals surface area contributed by atoms with Gasteiger partial charge < -0.3 is 10.2 Å². The lowest BCUT2D eigenvalue weighted by atomic mass is 10.1. The average molecular weight is 284 g/mol. The van der Waals surface area contributed by atoms with E-state index in [0.29, 0.717) is 19.3 Å². The van der Waals surface area contributed by atoms with Crippen molar-refractivity contribution in [3.8, 4) is 35.5 Å². The van der Waals surface area contributed by atoms with Crippen molar-refractivity contribution in [3.05, 3.63) is 24.3 Å². The molecule has 21 heavy (non-hydrogen) atoms. The molecule has 0 aliphatic carbocycles. The summed E-state index contributed by atoms with van der Waals surface area (Å²) in [7, 11) is 0. The minimum atomic E-state index is -0.801. The van der Waals surface area contributed by atoms with Gasteiger partial charge in [-0.15, -0.1) is 0 Å². The Labute approximate surface area is 126 Å². The minimum Gasteiger partial charge on any atom is -0.481 e. The Hall–Kier alpha value is -2.41. The number of unbranched alkanes of at least 4 members (excludes halogenated alkanes) is 1. The number of allylic oxidation sites excluding steroid dienone is 3. The molecule has 0 aliphatic heterocycles. The first-order valence-corrected chi connectivity index (χ1v) is 6.88. The highest BCUT2D eigenvalue weighted by Gasteiger charge is 2.00. The predicted molar refractivity (Wildman–Crippen MR) is 84.0 cm³/mol. The van der Waals surface area contributed by atoms with E-state index in [1.807, 2.05) is 6.92 Å². The Bertz CT molecular complexity index is 536. The highest BCUT2D eigenvalue weighted by atomic mass is 16.4. The summed E-state index contributed by atoms with van der Waals surface area (Å²) in [5.74, 6) is 15.3. The van der Waals surface area contributed by atoms with Crippen LogP contribution in [0, 0.1) is 35.5 Å². The first kappa shape index (κ1) is 18.6. The van der Waals surface area contributed by atoms with Crippen molar-refractivity contribution in [1.29, 1.82) is 0 Å². The molecule has 1 unspecified atom stereocenters. The summed E-state index contributed by atoms with van der Waals surface area (Å²) in [6.07, 6.45) is 8.92. The Kier molecular flexibility index (Phi) is 12.4. The monoisotopic (exact) mass is 284 g/mol. The highest BCUT2D eigenvalue weighted by Crippen LogP contribution is 2.04. The molecule has 3 nitrogen and oxygen atoms in total. The SMILES string of the molecule is CCC#CC#CC#CC=CC=CC(O)CCCCC(=O)O. The lowest BCUT2D eigenvalue weighted by molar-refractivity contribution is -0.137. The number of hydrogen-bond donors (Lipinski definition) is 2. The van der Waals surface area contributed by atoms with Gasteiger partial charge in [-0.05, 0) is 49.0 Å². The van der Waals surface area contributed by atoms with Crippen LogP contribution in [0.4, 0.5) is 0 Å². The molecule has 0 aromatic carbocycles. The first-order valence-electron chi connectivity index (χ1n) is 6.88. The van der Waals surface area contributed by atoms with E-state index in [0.717, 1.165) is 6.42 Å². The van der Waals surface area contributed by atoms with Gasteiger partial charge >= 0.3 is 5.97 Å². The Morgan fingerprint density at radius 2 is 1.90 bits per heavy atom. The van der Waals surface area contributed by atoms with Crippen molar-refractivity contribution in [3.63, 3.8) is 0 Å². The largest absolute Gasteiger partial charge is 0.481 e. The van der Waals surface area contributed by atoms with Crippen LogP contribution in [0.3, 0.4) is 0 Å². The third-order valence-electron chi connectivity index (χ3n) is 2.29. The fraction of sp³-hybridized carbons (Fsp3) is 0.389. The number of carbonyl (C=O) groups is 1. The van der Waals surface area contributed by atoms with Crippen LogP contribution in [0.1, 0.15) is 39.0 Å². The molecule has 0 radical (unpaired) electrons. The van der Waals surface area contributed by atoms with Crippen LogP contribution in [0.15, 0.2) is 24.3 Å². The number of aliphatic hydroxyl groups is 1. The number of aliphatic carboxylic acids is 1. The van der Waals surface area contributed by atoms with E-state index in [4.69, 9.17) is 5.11 Å². The number of carboxylic acids is 1. The molecule has 0 bridgehead atoms. The van der Waals surface area contributed by atoms with Crippen LogP contribution in [0.2, 0.25) is 0 Å². The van der Waals surface area contributed by atoms with E-state index in [1.54, 1.807) is 24.3 Å². The van der Waals surface area contributed by atoms with E-state index in [1.165, 1.54) is 0 Å². The molecule has 0 amide bonds. The fourth-order valence-corrected chi connectivity index (χ4v) is 1.29. The van der Waals surface area contributed by atoms with Gasteiger partial charge in [-0.3, -0.25) is 4.79 Å². The van der Waals surface area contributed by atoms with Crippen LogP contribution in [-0.4, -0.2) is 22.3 Å². The van der Waals surface area contributed by atoms with Crippen molar-refractivity contribution in [2.75, 3.05) is 0 Å². The van der Waals surface area contributed by atoms with Gasteiger partial charge in [-0.2, -0.15) is 0 Å². The summed E-state index contributed by atoms with van der Waals surface area (Å²) < 4.78 is 0. The fourth-order valence-electron chi connectivity index (χ4n) is 1.29. The summed E-state index contributed by atoms with van der Waals surface area (Å²) in [6.45, 7) is 1.95. The molecule has 1 atom stereocenters. The number of carboxylic acid groups (broad SMARTS) is 1. The standard InChI is InChI=1S/C18H20O3/c1-2-3-4-5-6-7-8-9-10-11-14-17(19)15-12-13-16-18(20)21/h9-11,14,17,19H,2,12-13,15-16H2,1H3,(H,20,21). The van der Waals surface area contributed by atoms with Gasteiger partial charge in [0.05, 0.1) is 6.10 Å². The number of rotatable bonds is 7. The second-order valence-electron chi connectivity index (χ2n) is 4.13. The number of aliphatic hydroxyl groups excluding tert-OH is 1. The van der Waals surface area contributed by atoms with Crippen LogP contribution >= 0.6 is 0 Å². The average Bonchev–Trinajstić information content (AvgIpc) is 2.45. The zero-order valence-electron chi connectivity index (χ0n) is 12.2. The summed E-state index contributed by atoms with van der Waals surface area (Å²) in [6, 6.07) is 0. The minimum absolute atomic E-state index is 0.148. The summed E-state index contributed by atoms with van der Waals surface area (Å²) in [4.78, 5) is 10.3. The van der Waals surface area contributed by atoms with Crippen LogP contribution in [-0.2, 0) is 4.79 Å². The summed E-state index contributed by atoms with van der Waals surface area (Å²) in [5, 5.41) is 18.1. The maximum Gasteiger partial charge on any atom is 0.303 e. The molecule has 0 aliphatic rings. The third kappa shape index (κ3) is 15.5. The predicted octanol–water partition coefficient (Wildman–Crippen LogP) is 2.52. The lowest BCUT2D eigenvalue weighted by Crippen LogP contribution is -2.02. The Morgan fingerprint density at radius 1 is 1.14 bits per heavy atom. The van der Waals surface area contributed by atoms with Gasteiger partial charge in [-0.25, -0.2) is 0 Å².